The lowest BCUT2D eigenvalue weighted by atomic mass is 10.1. The number of carbonyl (C=O) groups excluding carboxylic acids is 1. The number of nitrogens with one attached hydrogen (secondary N) is 2. The molecule has 17 heteroatoms. The van der Waals surface area contributed by atoms with Gasteiger partial charge in [0.1, 0.15) is 11.9 Å². The van der Waals surface area contributed by atoms with Gasteiger partial charge in [-0.25, -0.2) is 22.5 Å². The fraction of sp³-hybridized carbons (Fsp3) is 0.680. The Morgan fingerprint density at radius 3 is 2.55 bits per heavy atom. The summed E-state index contributed by atoms with van der Waals surface area (Å²) in [6.07, 6.45) is -0.939. The normalized spacial score (nSPS) is 25.0. The molecule has 14 nitrogen and oxygen atoms in total. The van der Waals surface area contributed by atoms with Crippen LogP contribution in [-0.4, -0.2) is 100 Å². The van der Waals surface area contributed by atoms with E-state index < -0.39 is 54.5 Å². The van der Waals surface area contributed by atoms with Crippen molar-refractivity contribution in [2.75, 3.05) is 36.5 Å². The number of hydroxylamine groups is 1. The Bertz CT molecular complexity index is 1280. The lowest BCUT2D eigenvalue weighted by Crippen LogP contribution is -2.48. The number of ether oxygens (including phenoxy) is 2. The smallest absolute Gasteiger partial charge is 0.351 e. The van der Waals surface area contributed by atoms with Gasteiger partial charge in [0.2, 0.25) is 5.91 Å². The molecule has 0 aliphatic carbocycles. The van der Waals surface area contributed by atoms with Gasteiger partial charge >= 0.3 is 5.69 Å². The molecule has 0 spiro atoms. The van der Waals surface area contributed by atoms with Gasteiger partial charge in [0.25, 0.3) is 13.7 Å². The molecule has 236 valence electrons. The predicted octanol–water partition coefficient (Wildman–Crippen LogP) is 1.96. The maximum atomic E-state index is 13.1. The molecule has 3 rings (SSSR count). The van der Waals surface area contributed by atoms with Crippen LogP contribution < -0.4 is 16.5 Å². The summed E-state index contributed by atoms with van der Waals surface area (Å²) in [5.74, 6) is -0.474. The van der Waals surface area contributed by atoms with Gasteiger partial charge in [-0.3, -0.25) is 9.36 Å². The maximum absolute atomic E-state index is 13.1. The van der Waals surface area contributed by atoms with Crippen molar-refractivity contribution in [3.63, 3.8) is 0 Å². The molecular weight excluding hydrogens is 607 g/mol. The largest absolute Gasteiger partial charge is 0.460 e. The third-order valence-corrected chi connectivity index (χ3v) is 10.3. The van der Waals surface area contributed by atoms with Crippen LogP contribution in [0.25, 0.3) is 0 Å². The van der Waals surface area contributed by atoms with E-state index in [0.717, 1.165) is 0 Å². The highest BCUT2D eigenvalue weighted by Crippen LogP contribution is 2.49. The van der Waals surface area contributed by atoms with E-state index >= 15 is 0 Å². The average molecular weight is 650 g/mol. The number of aromatic nitrogens is 2. The Kier molecular flexibility index (Phi) is 11.8. The van der Waals surface area contributed by atoms with Crippen LogP contribution >= 0.6 is 20.7 Å². The molecule has 0 saturated carbocycles. The Balaban J connectivity index is 2.00. The highest BCUT2D eigenvalue weighted by atomic mass is 32.2. The maximum Gasteiger partial charge on any atom is 0.351 e. The van der Waals surface area contributed by atoms with Crippen LogP contribution in [0.5, 0.6) is 0 Å². The van der Waals surface area contributed by atoms with Crippen molar-refractivity contribution < 1.29 is 33.2 Å². The third kappa shape index (κ3) is 8.99. The molecule has 3 heterocycles. The second kappa shape index (κ2) is 15.1. The summed E-state index contributed by atoms with van der Waals surface area (Å²) in [4.78, 5) is 30.2. The first-order valence-electron chi connectivity index (χ1n) is 14.2. The average Bonchev–Trinajstić information content (AvgIpc) is 3.24. The fourth-order valence-corrected chi connectivity index (χ4v) is 7.62. The van der Waals surface area contributed by atoms with Crippen molar-refractivity contribution in [3.05, 3.63) is 35.4 Å². The fourth-order valence-electron chi connectivity index (χ4n) is 4.48. The summed E-state index contributed by atoms with van der Waals surface area (Å²) in [6, 6.07) is 1.45. The van der Waals surface area contributed by atoms with Gasteiger partial charge in [0.05, 0.1) is 17.6 Å². The Morgan fingerprint density at radius 1 is 1.33 bits per heavy atom. The van der Waals surface area contributed by atoms with Crippen LogP contribution in [-0.2, 0) is 33.3 Å². The number of sulfone groups is 1. The number of anilines is 1. The molecule has 5 atom stereocenters. The molecule has 0 bridgehead atoms. The SMILES string of the molecule is [2H]C[C@H]1O[C@@H](n2ccc(NC(C)=O)nc2=O)C(OC(=S)N2CCS(=O)(=O)CC2)[C@H]1OP(ONCC=C)N(C(C)C)C(C)C. The number of nitrogens with zero attached hydrogens (tertiary/aromatic N) is 4. The van der Waals surface area contributed by atoms with Crippen LogP contribution in [0, 0.1) is 0 Å². The first kappa shape index (κ1) is 32.9. The molecule has 2 aliphatic rings. The van der Waals surface area contributed by atoms with Crippen molar-refractivity contribution in [2.45, 2.75) is 78.1 Å². The van der Waals surface area contributed by atoms with Crippen LogP contribution in [0.4, 0.5) is 5.82 Å². The van der Waals surface area contributed by atoms with Gasteiger partial charge in [-0.15, -0.1) is 6.58 Å². The minimum atomic E-state index is -3.17. The highest BCUT2D eigenvalue weighted by molar-refractivity contribution is 7.91. The number of amides is 1. The van der Waals surface area contributed by atoms with Gasteiger partial charge in [0.15, 0.2) is 22.2 Å². The second-order valence-electron chi connectivity index (χ2n) is 10.3. The molecule has 42 heavy (non-hydrogen) atoms. The molecule has 2 fully saturated rings. The van der Waals surface area contributed by atoms with Gasteiger partial charge in [-0.05, 0) is 52.9 Å². The first-order valence-corrected chi connectivity index (χ1v) is 16.9. The van der Waals surface area contributed by atoms with Crippen molar-refractivity contribution in [1.82, 2.24) is 24.6 Å². The third-order valence-electron chi connectivity index (χ3n) is 6.36. The summed E-state index contributed by atoms with van der Waals surface area (Å²) in [7, 11) is -4.98. The molecular formula is C25H41N6O8PS2. The molecule has 2 aliphatic heterocycles. The summed E-state index contributed by atoms with van der Waals surface area (Å²) < 4.78 is 60.5. The Hall–Kier alpha value is -2.04. The Morgan fingerprint density at radius 2 is 2.00 bits per heavy atom. The molecule has 0 radical (unpaired) electrons. The standard InChI is InChI=1S/C25H41N6O8PS2/c1-8-10-26-39-40(31(16(2)3)17(4)5)38-21-18(6)36-23(30-11-9-20(27-19(7)32)28-24(30)33)22(21)37-25(41)29-12-14-42(34,35)15-13-29/h8-9,11,16-18,21-23,26H,1,10,12-15H2,2-7H3,(H,27,28,32,33)/t18-,21+,22?,23-,40?/m1/s1/i6D. The number of carbonyl (C=O) groups is 1. The van der Waals surface area contributed by atoms with Crippen LogP contribution in [0.3, 0.4) is 0 Å². The topological polar surface area (TPSA) is 154 Å². The van der Waals surface area contributed by atoms with E-state index in [1.54, 1.807) is 11.0 Å². The zero-order valence-electron chi connectivity index (χ0n) is 25.5. The highest BCUT2D eigenvalue weighted by Gasteiger charge is 2.50. The Labute approximate surface area is 255 Å². The molecule has 1 aromatic rings. The number of rotatable bonds is 12. The minimum absolute atomic E-state index is 0.00750. The second-order valence-corrected chi connectivity index (χ2v) is 14.3. The van der Waals surface area contributed by atoms with E-state index in [1.165, 1.54) is 23.8 Å². The summed E-state index contributed by atoms with van der Waals surface area (Å²) in [5, 5.41) is 2.49. The summed E-state index contributed by atoms with van der Waals surface area (Å²) >= 11 is 5.59. The van der Waals surface area contributed by atoms with Crippen LogP contribution in [0.1, 0.15) is 49.1 Å². The molecule has 0 aromatic carbocycles. The lowest BCUT2D eigenvalue weighted by molar-refractivity contribution is -0.114. The zero-order chi connectivity index (χ0) is 31.9. The van der Waals surface area contributed by atoms with Crippen LogP contribution in [0.15, 0.2) is 29.7 Å². The molecule has 1 aromatic heterocycles. The van der Waals surface area contributed by atoms with Crippen molar-refractivity contribution in [1.29, 1.82) is 0 Å². The van der Waals surface area contributed by atoms with E-state index in [1.807, 2.05) is 32.4 Å². The molecule has 2 saturated heterocycles. The molecule has 1 amide bonds. The number of hydrogen-bond donors (Lipinski definition) is 2. The van der Waals surface area contributed by atoms with E-state index in [4.69, 9.17) is 32.2 Å². The number of thiocarbonyl (C=S) groups is 1. The first-order chi connectivity index (χ1) is 20.3. The predicted molar refractivity (Wildman–Crippen MR) is 163 cm³/mol. The molecule has 2 unspecified atom stereocenters. The summed E-state index contributed by atoms with van der Waals surface area (Å²) in [5.41, 5.74) is 2.11. The zero-order valence-corrected chi connectivity index (χ0v) is 27.0. The summed E-state index contributed by atoms with van der Waals surface area (Å²) in [6.45, 7) is 13.4. The van der Waals surface area contributed by atoms with Gasteiger partial charge in [0, 0.05) is 46.2 Å². The van der Waals surface area contributed by atoms with Gasteiger partial charge in [-0.1, -0.05) is 6.08 Å². The van der Waals surface area contributed by atoms with Crippen molar-refractivity contribution in [3.8, 4) is 0 Å². The van der Waals surface area contributed by atoms with Crippen LogP contribution in [0.2, 0.25) is 0 Å². The van der Waals surface area contributed by atoms with Crippen molar-refractivity contribution in [2.24, 2.45) is 0 Å². The van der Waals surface area contributed by atoms with Gasteiger partial charge in [-0.2, -0.15) is 10.5 Å². The van der Waals surface area contributed by atoms with E-state index in [-0.39, 0.29) is 54.6 Å². The lowest BCUT2D eigenvalue weighted by Gasteiger charge is -2.38. The van der Waals surface area contributed by atoms with Crippen molar-refractivity contribution >= 4 is 47.5 Å². The number of hydrogen-bond acceptors (Lipinski definition) is 12. The van der Waals surface area contributed by atoms with E-state index in [0.29, 0.717) is 6.54 Å². The van der Waals surface area contributed by atoms with E-state index in [2.05, 4.69) is 22.4 Å². The molecule has 2 N–H and O–H groups in total. The minimum Gasteiger partial charge on any atom is -0.460 e. The van der Waals surface area contributed by atoms with Gasteiger partial charge < -0.3 is 24.2 Å². The quantitative estimate of drug-likeness (QED) is 0.112. The van der Waals surface area contributed by atoms with E-state index in [9.17, 15) is 18.0 Å². The monoisotopic (exact) mass is 649 g/mol.